The smallest absolute Gasteiger partial charge is 0.354 e. The van der Waals surface area contributed by atoms with Gasteiger partial charge in [0.1, 0.15) is 18.3 Å². The zero-order valence-electron chi connectivity index (χ0n) is 26.0. The van der Waals surface area contributed by atoms with Crippen LogP contribution in [0.1, 0.15) is 44.8 Å². The Hall–Kier alpha value is -4.72. The molecule has 0 radical (unpaired) electrons. The second kappa shape index (κ2) is 11.3. The molecule has 1 saturated heterocycles. The van der Waals surface area contributed by atoms with Crippen LogP contribution in [0, 0.1) is 11.3 Å². The fourth-order valence-corrected chi connectivity index (χ4v) is 7.76. The monoisotopic (exact) mass is 608 g/mol. The fourth-order valence-electron chi connectivity index (χ4n) is 7.76. The lowest BCUT2D eigenvalue weighted by atomic mass is 9.72. The molecule has 1 fully saturated rings. The minimum absolute atomic E-state index is 0.0451. The van der Waals surface area contributed by atoms with Gasteiger partial charge in [-0.3, -0.25) is 9.80 Å². The van der Waals surface area contributed by atoms with Crippen molar-refractivity contribution in [3.8, 4) is 29.1 Å². The lowest BCUT2D eigenvalue weighted by Gasteiger charge is -2.59. The van der Waals surface area contributed by atoms with E-state index in [0.717, 1.165) is 33.2 Å². The van der Waals surface area contributed by atoms with Crippen LogP contribution in [0.25, 0.3) is 10.9 Å². The molecule has 1 N–H and O–H groups in total. The van der Waals surface area contributed by atoms with Crippen LogP contribution in [0.5, 0.6) is 23.0 Å². The van der Waals surface area contributed by atoms with Crippen molar-refractivity contribution in [1.29, 1.82) is 5.26 Å². The Kier molecular flexibility index (Phi) is 7.30. The van der Waals surface area contributed by atoms with Crippen molar-refractivity contribution in [2.24, 2.45) is 0 Å². The minimum atomic E-state index is -0.462. The van der Waals surface area contributed by atoms with Gasteiger partial charge in [-0.1, -0.05) is 18.2 Å². The number of carbonyl (C=O) groups is 1. The van der Waals surface area contributed by atoms with E-state index in [4.69, 9.17) is 23.7 Å². The standard InChI is InChI=1S/C35H36N4O6/c1-38-26-11-21-14-31(42-3)33(44-5)16-23(21)34(38)27-12-20-13-30(41-2)32(43-4)15-22(20)29(39(27)28(26)17-36)18-45-35(40)25-10-19-8-6-7-9-24(19)37-25/h6-10,13-16,26-29,34,37H,11-12,18H2,1-5H3/t26-,27-,28-,29-,34+/m0/s1. The largest absolute Gasteiger partial charge is 0.493 e. The predicted octanol–water partition coefficient (Wildman–Crippen LogP) is 4.83. The summed E-state index contributed by atoms with van der Waals surface area (Å²) in [5, 5.41) is 11.7. The highest BCUT2D eigenvalue weighted by Gasteiger charge is 2.54. The van der Waals surface area contributed by atoms with Gasteiger partial charge >= 0.3 is 5.97 Å². The first kappa shape index (κ1) is 29.0. The van der Waals surface area contributed by atoms with E-state index >= 15 is 0 Å². The van der Waals surface area contributed by atoms with Gasteiger partial charge in [-0.2, -0.15) is 5.26 Å². The number of nitrogens with one attached hydrogen (secondary N) is 1. The number of nitrogens with zero attached hydrogens (tertiary/aromatic N) is 3. The van der Waals surface area contributed by atoms with E-state index < -0.39 is 18.1 Å². The quantitative estimate of drug-likeness (QED) is 0.295. The summed E-state index contributed by atoms with van der Waals surface area (Å²) in [6.45, 7) is 0.0628. The molecule has 1 aromatic heterocycles. The molecule has 45 heavy (non-hydrogen) atoms. The summed E-state index contributed by atoms with van der Waals surface area (Å²) in [7, 11) is 8.62. The van der Waals surface area contributed by atoms with Crippen molar-refractivity contribution in [1.82, 2.24) is 14.8 Å². The molecule has 5 atom stereocenters. The van der Waals surface area contributed by atoms with Crippen molar-refractivity contribution in [2.75, 3.05) is 42.1 Å². The number of aromatic amines is 1. The van der Waals surface area contributed by atoms with E-state index in [1.807, 2.05) is 36.4 Å². The molecule has 3 aliphatic rings. The number of fused-ring (bicyclic) bond motifs is 8. The average Bonchev–Trinajstić information content (AvgIpc) is 3.50. The molecule has 0 spiro atoms. The number of rotatable bonds is 7. The van der Waals surface area contributed by atoms with Gasteiger partial charge in [0.05, 0.1) is 46.6 Å². The Labute approximate surface area is 262 Å². The number of benzene rings is 3. The van der Waals surface area contributed by atoms with Crippen molar-refractivity contribution < 1.29 is 28.5 Å². The van der Waals surface area contributed by atoms with Crippen LogP contribution in [-0.2, 0) is 17.6 Å². The second-order valence-corrected chi connectivity index (χ2v) is 11.9. The van der Waals surface area contributed by atoms with E-state index in [2.05, 4.69) is 40.0 Å². The number of methoxy groups -OCH3 is 4. The molecule has 232 valence electrons. The van der Waals surface area contributed by atoms with Gasteiger partial charge < -0.3 is 28.7 Å². The number of piperazine rings is 1. The Bertz CT molecular complexity index is 1800. The number of esters is 1. The number of hydrogen-bond donors (Lipinski definition) is 1. The van der Waals surface area contributed by atoms with Gasteiger partial charge in [-0.25, -0.2) is 4.79 Å². The van der Waals surface area contributed by atoms with Crippen molar-refractivity contribution in [3.05, 3.63) is 82.5 Å². The first-order valence-electron chi connectivity index (χ1n) is 15.0. The summed E-state index contributed by atoms with van der Waals surface area (Å²) in [4.78, 5) is 21.2. The number of carbonyl (C=O) groups excluding carboxylic acids is 1. The number of aromatic nitrogens is 1. The molecule has 0 saturated carbocycles. The number of H-pyrrole nitrogens is 1. The minimum Gasteiger partial charge on any atom is -0.493 e. The molecule has 3 aliphatic heterocycles. The number of para-hydroxylation sites is 1. The maximum Gasteiger partial charge on any atom is 0.354 e. The number of likely N-dealkylation sites (N-methyl/N-ethyl adjacent to an activating group) is 1. The molecule has 2 bridgehead atoms. The van der Waals surface area contributed by atoms with Gasteiger partial charge in [-0.05, 0) is 78.5 Å². The molecule has 10 nitrogen and oxygen atoms in total. The third-order valence-corrected chi connectivity index (χ3v) is 9.84. The Morgan fingerprint density at radius 2 is 1.47 bits per heavy atom. The SMILES string of the molecule is COc1cc2c(cc1OC)[C@@H]1[C@@H]3Cc4cc(OC)c(OC)cc4[C@H](COC(=O)c4cc5ccccc5[nH]4)N3[C@@H](C#N)[C@H](C2)N1C. The van der Waals surface area contributed by atoms with Crippen molar-refractivity contribution >= 4 is 16.9 Å². The summed E-state index contributed by atoms with van der Waals surface area (Å²) in [5.74, 6) is 2.13. The lowest BCUT2D eigenvalue weighted by Crippen LogP contribution is -2.68. The number of ether oxygens (including phenoxy) is 5. The van der Waals surface area contributed by atoms with E-state index in [1.165, 1.54) is 0 Å². The highest BCUT2D eigenvalue weighted by molar-refractivity contribution is 5.94. The summed E-state index contributed by atoms with van der Waals surface area (Å²) < 4.78 is 28.8. The highest BCUT2D eigenvalue weighted by Crippen LogP contribution is 2.52. The summed E-state index contributed by atoms with van der Waals surface area (Å²) in [6.07, 6.45) is 1.33. The zero-order chi connectivity index (χ0) is 31.4. The summed E-state index contributed by atoms with van der Waals surface area (Å²) in [5.41, 5.74) is 5.58. The average molecular weight is 609 g/mol. The van der Waals surface area contributed by atoms with E-state index in [0.29, 0.717) is 41.5 Å². The van der Waals surface area contributed by atoms with Crippen molar-refractivity contribution in [2.45, 2.75) is 43.1 Å². The molecule has 0 unspecified atom stereocenters. The Balaban J connectivity index is 1.33. The molecule has 0 amide bonds. The molecule has 3 aromatic carbocycles. The topological polar surface area (TPSA) is 109 Å². The van der Waals surface area contributed by atoms with E-state index in [1.54, 1.807) is 34.5 Å². The van der Waals surface area contributed by atoms with Crippen LogP contribution in [0.3, 0.4) is 0 Å². The Morgan fingerprint density at radius 3 is 2.11 bits per heavy atom. The third-order valence-electron chi connectivity index (χ3n) is 9.84. The summed E-state index contributed by atoms with van der Waals surface area (Å²) >= 11 is 0. The zero-order valence-corrected chi connectivity index (χ0v) is 26.0. The molecular weight excluding hydrogens is 572 g/mol. The molecular formula is C35H36N4O6. The molecule has 4 heterocycles. The molecule has 10 heteroatoms. The highest BCUT2D eigenvalue weighted by atomic mass is 16.5. The van der Waals surface area contributed by atoms with Crippen molar-refractivity contribution in [3.63, 3.8) is 0 Å². The van der Waals surface area contributed by atoms with Gasteiger partial charge in [0.25, 0.3) is 0 Å². The second-order valence-electron chi connectivity index (χ2n) is 11.9. The number of hydrogen-bond acceptors (Lipinski definition) is 9. The van der Waals surface area contributed by atoms with Crippen LogP contribution in [0.2, 0.25) is 0 Å². The van der Waals surface area contributed by atoms with E-state index in [-0.39, 0.29) is 24.7 Å². The first-order valence-corrected chi connectivity index (χ1v) is 15.0. The van der Waals surface area contributed by atoms with Gasteiger partial charge in [0, 0.05) is 23.0 Å². The van der Waals surface area contributed by atoms with Crippen LogP contribution >= 0.6 is 0 Å². The number of nitriles is 1. The third kappa shape index (κ3) is 4.57. The van der Waals surface area contributed by atoms with Gasteiger partial charge in [-0.15, -0.1) is 0 Å². The normalized spacial score (nSPS) is 23.7. The van der Waals surface area contributed by atoms with Crippen LogP contribution in [-0.4, -0.2) is 81.0 Å². The van der Waals surface area contributed by atoms with E-state index in [9.17, 15) is 10.1 Å². The lowest BCUT2D eigenvalue weighted by molar-refractivity contribution is -0.0833. The van der Waals surface area contributed by atoms with Gasteiger partial charge in [0.2, 0.25) is 0 Å². The summed E-state index contributed by atoms with van der Waals surface area (Å²) in [6, 6.07) is 19.2. The van der Waals surface area contributed by atoms with Crippen LogP contribution in [0.4, 0.5) is 0 Å². The Morgan fingerprint density at radius 1 is 0.867 bits per heavy atom. The predicted molar refractivity (Wildman–Crippen MR) is 167 cm³/mol. The maximum atomic E-state index is 13.4. The molecule has 4 aromatic rings. The van der Waals surface area contributed by atoms with Crippen LogP contribution in [0.15, 0.2) is 54.6 Å². The maximum absolute atomic E-state index is 13.4. The molecule has 7 rings (SSSR count). The van der Waals surface area contributed by atoms with Crippen LogP contribution < -0.4 is 18.9 Å². The first-order chi connectivity index (χ1) is 21.9. The fraction of sp³-hybridized carbons (Fsp3) is 0.371. The van der Waals surface area contributed by atoms with Gasteiger partial charge in [0.15, 0.2) is 23.0 Å². The molecule has 0 aliphatic carbocycles.